The van der Waals surface area contributed by atoms with Crippen LogP contribution in [0.1, 0.15) is 26.7 Å². The number of anilines is 2. The van der Waals surface area contributed by atoms with E-state index in [0.29, 0.717) is 17.4 Å². The Morgan fingerprint density at radius 1 is 1.07 bits per heavy atom. The van der Waals surface area contributed by atoms with Crippen LogP contribution in [-0.2, 0) is 14.8 Å². The molecule has 2 aromatic rings. The van der Waals surface area contributed by atoms with Gasteiger partial charge < -0.3 is 5.32 Å². The zero-order valence-electron chi connectivity index (χ0n) is 16.9. The van der Waals surface area contributed by atoms with E-state index in [1.807, 2.05) is 18.0 Å². The number of benzene rings is 2. The first-order valence-electron chi connectivity index (χ1n) is 9.39. The summed E-state index contributed by atoms with van der Waals surface area (Å²) >= 11 is 0. The fourth-order valence-corrected chi connectivity index (χ4v) is 4.13. The zero-order valence-corrected chi connectivity index (χ0v) is 17.7. The van der Waals surface area contributed by atoms with Crippen LogP contribution in [0.15, 0.2) is 59.5 Å². The Labute approximate surface area is 168 Å². The number of likely N-dealkylation sites (N-methyl/N-ethyl adjacent to an activating group) is 1. The second kappa shape index (κ2) is 9.71. The quantitative estimate of drug-likeness (QED) is 0.695. The van der Waals surface area contributed by atoms with E-state index in [2.05, 4.69) is 19.2 Å². The number of hydrogen-bond acceptors (Lipinski definition) is 4. The van der Waals surface area contributed by atoms with Gasteiger partial charge >= 0.3 is 0 Å². The van der Waals surface area contributed by atoms with Crippen molar-refractivity contribution in [2.75, 3.05) is 30.3 Å². The third-order valence-corrected chi connectivity index (χ3v) is 6.53. The number of amides is 1. The minimum atomic E-state index is -3.72. The molecule has 28 heavy (non-hydrogen) atoms. The van der Waals surface area contributed by atoms with Crippen molar-refractivity contribution >= 4 is 27.3 Å². The summed E-state index contributed by atoms with van der Waals surface area (Å²) in [4.78, 5) is 14.5. The van der Waals surface area contributed by atoms with Crippen LogP contribution < -0.4 is 9.62 Å². The molecular formula is C21H29N3O3S. The van der Waals surface area contributed by atoms with Gasteiger partial charge in [0.2, 0.25) is 5.91 Å². The molecule has 7 heteroatoms. The number of nitrogens with zero attached hydrogens (tertiary/aromatic N) is 2. The highest BCUT2D eigenvalue weighted by molar-refractivity contribution is 7.92. The number of sulfonamides is 1. The molecule has 152 valence electrons. The number of hydrogen-bond donors (Lipinski definition) is 1. The molecule has 0 aromatic heterocycles. The van der Waals surface area contributed by atoms with Crippen LogP contribution in [-0.4, -0.2) is 45.9 Å². The lowest BCUT2D eigenvalue weighted by atomic mass is 10.2. The lowest BCUT2D eigenvalue weighted by Gasteiger charge is -2.23. The van der Waals surface area contributed by atoms with E-state index >= 15 is 0 Å². The fourth-order valence-electron chi connectivity index (χ4n) is 2.89. The van der Waals surface area contributed by atoms with Crippen LogP contribution in [0.3, 0.4) is 0 Å². The maximum atomic E-state index is 12.9. The summed E-state index contributed by atoms with van der Waals surface area (Å²) in [5.41, 5.74) is 1.03. The van der Waals surface area contributed by atoms with Crippen molar-refractivity contribution in [2.45, 2.75) is 37.6 Å². The van der Waals surface area contributed by atoms with Gasteiger partial charge in [0.25, 0.3) is 10.0 Å². The van der Waals surface area contributed by atoms with Crippen molar-refractivity contribution in [3.8, 4) is 0 Å². The number of nitrogens with one attached hydrogen (secondary N) is 1. The molecule has 1 amide bonds. The number of para-hydroxylation sites is 1. The summed E-state index contributed by atoms with van der Waals surface area (Å²) in [6, 6.07) is 15.5. The molecule has 0 radical (unpaired) electrons. The molecular weight excluding hydrogens is 374 g/mol. The molecule has 2 aromatic carbocycles. The lowest BCUT2D eigenvalue weighted by molar-refractivity contribution is -0.117. The third-order valence-electron chi connectivity index (χ3n) is 4.75. The summed E-state index contributed by atoms with van der Waals surface area (Å²) in [6.07, 6.45) is 2.07. The molecule has 2 rings (SSSR count). The highest BCUT2D eigenvalue weighted by atomic mass is 32.2. The van der Waals surface area contributed by atoms with Crippen LogP contribution in [0.2, 0.25) is 0 Å². The SMILES string of the molecule is CCCC(C)N(C)CC(=O)Nc1cccc(S(=O)(=O)N(C)c2ccccc2)c1. The van der Waals surface area contributed by atoms with Crippen molar-refractivity contribution in [1.29, 1.82) is 0 Å². The molecule has 0 saturated heterocycles. The van der Waals surface area contributed by atoms with Crippen LogP contribution in [0.25, 0.3) is 0 Å². The molecule has 0 spiro atoms. The molecule has 1 N–H and O–H groups in total. The lowest BCUT2D eigenvalue weighted by Crippen LogP contribution is -2.36. The van der Waals surface area contributed by atoms with Gasteiger partial charge in [-0.25, -0.2) is 8.42 Å². The average molecular weight is 404 g/mol. The second-order valence-electron chi connectivity index (χ2n) is 6.94. The standard InChI is InChI=1S/C21H29N3O3S/c1-5-10-17(2)23(3)16-21(25)22-18-11-9-14-20(15-18)28(26,27)24(4)19-12-7-6-8-13-19/h6-9,11-15,17H,5,10,16H2,1-4H3,(H,22,25). The van der Waals surface area contributed by atoms with Gasteiger partial charge in [-0.05, 0) is 50.7 Å². The van der Waals surface area contributed by atoms with E-state index in [1.165, 1.54) is 23.5 Å². The summed E-state index contributed by atoms with van der Waals surface area (Å²) in [5.74, 6) is -0.170. The van der Waals surface area contributed by atoms with Crippen molar-refractivity contribution in [1.82, 2.24) is 4.90 Å². The van der Waals surface area contributed by atoms with E-state index in [1.54, 1.807) is 36.4 Å². The number of rotatable bonds is 9. The Kier molecular flexibility index (Phi) is 7.60. The summed E-state index contributed by atoms with van der Waals surface area (Å²) < 4.78 is 27.1. The average Bonchev–Trinajstić information content (AvgIpc) is 2.68. The molecule has 0 fully saturated rings. The maximum Gasteiger partial charge on any atom is 0.264 e. The molecule has 1 unspecified atom stereocenters. The Morgan fingerprint density at radius 3 is 2.39 bits per heavy atom. The highest BCUT2D eigenvalue weighted by Crippen LogP contribution is 2.23. The van der Waals surface area contributed by atoms with E-state index in [9.17, 15) is 13.2 Å². The van der Waals surface area contributed by atoms with E-state index in [-0.39, 0.29) is 17.3 Å². The molecule has 0 bridgehead atoms. The van der Waals surface area contributed by atoms with Gasteiger partial charge in [-0.1, -0.05) is 37.6 Å². The van der Waals surface area contributed by atoms with Gasteiger partial charge in [-0.3, -0.25) is 14.0 Å². The third kappa shape index (κ3) is 5.56. The topological polar surface area (TPSA) is 69.7 Å². The molecule has 0 aliphatic rings. The van der Waals surface area contributed by atoms with Crippen LogP contribution in [0.5, 0.6) is 0 Å². The van der Waals surface area contributed by atoms with Crippen molar-refractivity contribution in [3.05, 3.63) is 54.6 Å². The van der Waals surface area contributed by atoms with Crippen LogP contribution in [0.4, 0.5) is 11.4 Å². The van der Waals surface area contributed by atoms with Gasteiger partial charge in [0.05, 0.1) is 17.1 Å². The van der Waals surface area contributed by atoms with Gasteiger partial charge in [-0.2, -0.15) is 0 Å². The highest BCUT2D eigenvalue weighted by Gasteiger charge is 2.22. The Balaban J connectivity index is 2.12. The minimum Gasteiger partial charge on any atom is -0.325 e. The monoisotopic (exact) mass is 403 g/mol. The predicted octanol–water partition coefficient (Wildman–Crippen LogP) is 3.57. The van der Waals surface area contributed by atoms with E-state index < -0.39 is 10.0 Å². The molecule has 6 nitrogen and oxygen atoms in total. The Bertz CT molecular complexity index is 885. The van der Waals surface area contributed by atoms with E-state index in [0.717, 1.165) is 12.8 Å². The number of carbonyl (C=O) groups is 1. The molecule has 0 saturated carbocycles. The first-order valence-corrected chi connectivity index (χ1v) is 10.8. The van der Waals surface area contributed by atoms with Crippen LogP contribution in [0, 0.1) is 0 Å². The Morgan fingerprint density at radius 2 is 1.75 bits per heavy atom. The zero-order chi connectivity index (χ0) is 20.7. The van der Waals surface area contributed by atoms with Crippen molar-refractivity contribution in [2.24, 2.45) is 0 Å². The van der Waals surface area contributed by atoms with Crippen LogP contribution >= 0.6 is 0 Å². The summed E-state index contributed by atoms with van der Waals surface area (Å²) in [7, 11) is -0.296. The van der Waals surface area contributed by atoms with Crippen molar-refractivity contribution < 1.29 is 13.2 Å². The summed E-state index contributed by atoms with van der Waals surface area (Å²) in [5, 5.41) is 2.80. The molecule has 0 aliphatic heterocycles. The second-order valence-corrected chi connectivity index (χ2v) is 8.91. The molecule has 1 atom stereocenters. The first kappa shape index (κ1) is 21.9. The van der Waals surface area contributed by atoms with E-state index in [4.69, 9.17) is 0 Å². The minimum absolute atomic E-state index is 0.129. The van der Waals surface area contributed by atoms with Gasteiger partial charge in [-0.15, -0.1) is 0 Å². The Hall–Kier alpha value is -2.38. The predicted molar refractivity (Wildman–Crippen MR) is 114 cm³/mol. The number of carbonyl (C=O) groups excluding carboxylic acids is 1. The van der Waals surface area contributed by atoms with Gasteiger partial charge in [0, 0.05) is 18.8 Å². The summed E-state index contributed by atoms with van der Waals surface area (Å²) in [6.45, 7) is 4.45. The smallest absolute Gasteiger partial charge is 0.264 e. The van der Waals surface area contributed by atoms with Gasteiger partial charge in [0.1, 0.15) is 0 Å². The fraction of sp³-hybridized carbons (Fsp3) is 0.381. The normalized spacial score (nSPS) is 12.6. The maximum absolute atomic E-state index is 12.9. The molecule has 0 heterocycles. The van der Waals surface area contributed by atoms with Crippen molar-refractivity contribution in [3.63, 3.8) is 0 Å². The first-order chi connectivity index (χ1) is 13.3. The largest absolute Gasteiger partial charge is 0.325 e. The van der Waals surface area contributed by atoms with Gasteiger partial charge in [0.15, 0.2) is 0 Å². The molecule has 0 aliphatic carbocycles.